The molecule has 0 aliphatic carbocycles. The minimum absolute atomic E-state index is 0.0699. The van der Waals surface area contributed by atoms with Gasteiger partial charge in [-0.2, -0.15) is 0 Å². The Labute approximate surface area is 138 Å². The standard InChI is InChI=1S/C18H26ClNO2/c1-13(2)22-18-5-4-15(12-16(18)19)17(21)8-11-20-9-6-14(3)7-10-20/h4-5,12-14H,6-11H2,1-3H3. The van der Waals surface area contributed by atoms with Crippen LogP contribution in [-0.2, 0) is 0 Å². The van der Waals surface area contributed by atoms with Crippen LogP contribution in [0.4, 0.5) is 0 Å². The van der Waals surface area contributed by atoms with Gasteiger partial charge in [0.1, 0.15) is 5.75 Å². The first kappa shape index (κ1) is 17.3. The van der Waals surface area contributed by atoms with Crippen LogP contribution in [0.25, 0.3) is 0 Å². The molecular formula is C18H26ClNO2. The van der Waals surface area contributed by atoms with Gasteiger partial charge in [-0.3, -0.25) is 4.79 Å². The minimum atomic E-state index is 0.0699. The lowest BCUT2D eigenvalue weighted by Gasteiger charge is -2.29. The first-order valence-electron chi connectivity index (χ1n) is 8.17. The van der Waals surface area contributed by atoms with Crippen LogP contribution < -0.4 is 4.74 Å². The maximum Gasteiger partial charge on any atom is 0.164 e. The van der Waals surface area contributed by atoms with Gasteiger partial charge in [-0.05, 0) is 63.9 Å². The Kier molecular flexibility index (Phi) is 6.27. The summed E-state index contributed by atoms with van der Waals surface area (Å²) in [5.74, 6) is 1.61. The molecule has 0 saturated carbocycles. The molecule has 0 bridgehead atoms. The van der Waals surface area contributed by atoms with E-state index in [1.165, 1.54) is 12.8 Å². The number of piperidine rings is 1. The van der Waals surface area contributed by atoms with E-state index in [1.807, 2.05) is 19.9 Å². The number of halogens is 1. The van der Waals surface area contributed by atoms with Crippen LogP contribution in [0.1, 0.15) is 50.4 Å². The van der Waals surface area contributed by atoms with Crippen molar-refractivity contribution in [1.82, 2.24) is 4.90 Å². The number of Topliss-reactive ketones (excluding diaryl/α,β-unsaturated/α-hetero) is 1. The second-order valence-electron chi connectivity index (χ2n) is 6.51. The summed E-state index contributed by atoms with van der Waals surface area (Å²) < 4.78 is 5.59. The van der Waals surface area contributed by atoms with Crippen molar-refractivity contribution in [2.24, 2.45) is 5.92 Å². The van der Waals surface area contributed by atoms with E-state index in [0.717, 1.165) is 25.6 Å². The van der Waals surface area contributed by atoms with Crippen molar-refractivity contribution in [2.75, 3.05) is 19.6 Å². The van der Waals surface area contributed by atoms with E-state index in [9.17, 15) is 4.79 Å². The van der Waals surface area contributed by atoms with E-state index in [-0.39, 0.29) is 11.9 Å². The fourth-order valence-corrected chi connectivity index (χ4v) is 2.94. The molecular weight excluding hydrogens is 298 g/mol. The van der Waals surface area contributed by atoms with Crippen LogP contribution in [0, 0.1) is 5.92 Å². The summed E-state index contributed by atoms with van der Waals surface area (Å²) in [4.78, 5) is 14.7. The molecule has 1 fully saturated rings. The molecule has 1 aliphatic heterocycles. The van der Waals surface area contributed by atoms with E-state index in [1.54, 1.807) is 12.1 Å². The van der Waals surface area contributed by atoms with Gasteiger partial charge in [0.25, 0.3) is 0 Å². The van der Waals surface area contributed by atoms with Gasteiger partial charge in [0.15, 0.2) is 5.78 Å². The molecule has 3 nitrogen and oxygen atoms in total. The lowest BCUT2D eigenvalue weighted by atomic mass is 9.99. The van der Waals surface area contributed by atoms with Gasteiger partial charge in [-0.15, -0.1) is 0 Å². The lowest BCUT2D eigenvalue weighted by Crippen LogP contribution is -2.34. The van der Waals surface area contributed by atoms with Crippen LogP contribution in [0.3, 0.4) is 0 Å². The van der Waals surface area contributed by atoms with Crippen molar-refractivity contribution >= 4 is 17.4 Å². The second-order valence-corrected chi connectivity index (χ2v) is 6.92. The van der Waals surface area contributed by atoms with E-state index in [2.05, 4.69) is 11.8 Å². The number of carbonyl (C=O) groups is 1. The van der Waals surface area contributed by atoms with Crippen LogP contribution in [0.2, 0.25) is 5.02 Å². The molecule has 1 aliphatic rings. The topological polar surface area (TPSA) is 29.5 Å². The Morgan fingerprint density at radius 3 is 2.64 bits per heavy atom. The monoisotopic (exact) mass is 323 g/mol. The summed E-state index contributed by atoms with van der Waals surface area (Å²) in [6, 6.07) is 5.32. The zero-order valence-electron chi connectivity index (χ0n) is 13.8. The predicted octanol–water partition coefficient (Wildman–Crippen LogP) is 4.43. The average molecular weight is 324 g/mol. The first-order chi connectivity index (χ1) is 10.5. The Morgan fingerprint density at radius 2 is 2.05 bits per heavy atom. The lowest BCUT2D eigenvalue weighted by molar-refractivity contribution is 0.0953. The Morgan fingerprint density at radius 1 is 1.36 bits per heavy atom. The molecule has 0 atom stereocenters. The van der Waals surface area contributed by atoms with Crippen LogP contribution in [-0.4, -0.2) is 36.4 Å². The third-order valence-corrected chi connectivity index (χ3v) is 4.44. The molecule has 1 aromatic carbocycles. The van der Waals surface area contributed by atoms with Crippen molar-refractivity contribution in [3.63, 3.8) is 0 Å². The molecule has 0 amide bonds. The number of rotatable bonds is 6. The number of ketones is 1. The highest BCUT2D eigenvalue weighted by Gasteiger charge is 2.17. The number of benzene rings is 1. The van der Waals surface area contributed by atoms with Gasteiger partial charge in [-0.1, -0.05) is 18.5 Å². The number of likely N-dealkylation sites (tertiary alicyclic amines) is 1. The van der Waals surface area contributed by atoms with Crippen molar-refractivity contribution in [1.29, 1.82) is 0 Å². The highest BCUT2D eigenvalue weighted by atomic mass is 35.5. The largest absolute Gasteiger partial charge is 0.489 e. The van der Waals surface area contributed by atoms with E-state index in [4.69, 9.17) is 16.3 Å². The molecule has 2 rings (SSSR count). The zero-order chi connectivity index (χ0) is 16.1. The Balaban J connectivity index is 1.88. The molecule has 122 valence electrons. The summed E-state index contributed by atoms with van der Waals surface area (Å²) in [6.45, 7) is 9.26. The van der Waals surface area contributed by atoms with Crippen molar-refractivity contribution in [2.45, 2.75) is 46.1 Å². The first-order valence-corrected chi connectivity index (χ1v) is 8.55. The maximum atomic E-state index is 12.3. The van der Waals surface area contributed by atoms with Gasteiger partial charge in [0.05, 0.1) is 11.1 Å². The summed E-state index contributed by atoms with van der Waals surface area (Å²) >= 11 is 6.19. The average Bonchev–Trinajstić information content (AvgIpc) is 2.48. The minimum Gasteiger partial charge on any atom is -0.489 e. The van der Waals surface area contributed by atoms with E-state index >= 15 is 0 Å². The third kappa shape index (κ3) is 4.99. The van der Waals surface area contributed by atoms with E-state index < -0.39 is 0 Å². The van der Waals surface area contributed by atoms with Gasteiger partial charge >= 0.3 is 0 Å². The smallest absolute Gasteiger partial charge is 0.164 e. The zero-order valence-corrected chi connectivity index (χ0v) is 14.5. The molecule has 1 aromatic rings. The molecule has 1 saturated heterocycles. The fraction of sp³-hybridized carbons (Fsp3) is 0.611. The number of ether oxygens (including phenoxy) is 1. The van der Waals surface area contributed by atoms with Crippen LogP contribution >= 0.6 is 11.6 Å². The molecule has 1 heterocycles. The van der Waals surface area contributed by atoms with Gasteiger partial charge < -0.3 is 9.64 Å². The predicted molar refractivity (Wildman–Crippen MR) is 91.0 cm³/mol. The van der Waals surface area contributed by atoms with E-state index in [0.29, 0.717) is 22.8 Å². The Bertz CT molecular complexity index is 508. The van der Waals surface area contributed by atoms with Crippen molar-refractivity contribution in [3.8, 4) is 5.75 Å². The molecule has 0 radical (unpaired) electrons. The number of carbonyl (C=O) groups excluding carboxylic acids is 1. The number of hydrogen-bond donors (Lipinski definition) is 0. The highest BCUT2D eigenvalue weighted by molar-refractivity contribution is 6.32. The maximum absolute atomic E-state index is 12.3. The molecule has 0 spiro atoms. The number of nitrogens with zero attached hydrogens (tertiary/aromatic N) is 1. The third-order valence-electron chi connectivity index (χ3n) is 4.15. The SMILES string of the molecule is CC1CCN(CCC(=O)c2ccc(OC(C)C)c(Cl)c2)CC1. The highest BCUT2D eigenvalue weighted by Crippen LogP contribution is 2.27. The summed E-state index contributed by atoms with van der Waals surface area (Å²) in [5, 5.41) is 0.506. The van der Waals surface area contributed by atoms with Crippen LogP contribution in [0.5, 0.6) is 5.75 Å². The van der Waals surface area contributed by atoms with Gasteiger partial charge in [0.2, 0.25) is 0 Å². The Hall–Kier alpha value is -1.06. The fourth-order valence-electron chi connectivity index (χ4n) is 2.71. The molecule has 0 aromatic heterocycles. The number of hydrogen-bond acceptors (Lipinski definition) is 3. The van der Waals surface area contributed by atoms with Crippen molar-refractivity contribution < 1.29 is 9.53 Å². The summed E-state index contributed by atoms with van der Waals surface area (Å²) in [6.07, 6.45) is 3.10. The summed E-state index contributed by atoms with van der Waals surface area (Å²) in [5.41, 5.74) is 0.673. The normalized spacial score (nSPS) is 17.0. The molecule has 0 N–H and O–H groups in total. The van der Waals surface area contributed by atoms with Crippen LogP contribution in [0.15, 0.2) is 18.2 Å². The molecule has 4 heteroatoms. The van der Waals surface area contributed by atoms with Crippen molar-refractivity contribution in [3.05, 3.63) is 28.8 Å². The van der Waals surface area contributed by atoms with Gasteiger partial charge in [-0.25, -0.2) is 0 Å². The quantitative estimate of drug-likeness (QED) is 0.725. The second kappa shape index (κ2) is 7.98. The van der Waals surface area contributed by atoms with Gasteiger partial charge in [0, 0.05) is 18.5 Å². The molecule has 0 unspecified atom stereocenters. The molecule has 22 heavy (non-hydrogen) atoms. The summed E-state index contributed by atoms with van der Waals surface area (Å²) in [7, 11) is 0.